The molecule has 0 aliphatic carbocycles. The molecule has 0 fully saturated rings. The van der Waals surface area contributed by atoms with E-state index in [1.807, 2.05) is 30.3 Å². The topological polar surface area (TPSA) is 88.6 Å². The van der Waals surface area contributed by atoms with Gasteiger partial charge in [0.1, 0.15) is 15.5 Å². The highest BCUT2D eigenvalue weighted by molar-refractivity contribution is 7.89. The number of thiazole rings is 1. The fraction of sp³-hybridized carbons (Fsp3) is 0.273. The van der Waals surface area contributed by atoms with Crippen LogP contribution in [0.5, 0.6) is 5.75 Å². The van der Waals surface area contributed by atoms with Crippen LogP contribution >= 0.6 is 11.3 Å². The summed E-state index contributed by atoms with van der Waals surface area (Å²) in [6, 6.07) is 14.5. The molecule has 9 heteroatoms. The number of rotatable bonds is 8. The molecule has 3 aromatic rings. The SMILES string of the molecule is CCOc1ccc(NC(=O)c2sc(Cc3ccccc3)nc2C)cc1S(=O)(=O)N(C)C. The highest BCUT2D eigenvalue weighted by Gasteiger charge is 2.24. The number of nitrogens with zero attached hydrogens (tertiary/aromatic N) is 2. The fourth-order valence-electron chi connectivity index (χ4n) is 2.96. The second-order valence-electron chi connectivity index (χ2n) is 7.02. The molecule has 164 valence electrons. The number of aromatic nitrogens is 1. The Morgan fingerprint density at radius 2 is 1.87 bits per heavy atom. The molecule has 0 aliphatic heterocycles. The molecule has 0 aliphatic rings. The molecular weight excluding hydrogens is 434 g/mol. The molecule has 2 aromatic carbocycles. The van der Waals surface area contributed by atoms with Gasteiger partial charge in [0.05, 0.1) is 17.3 Å². The van der Waals surface area contributed by atoms with Gasteiger partial charge in [0.25, 0.3) is 5.91 Å². The first-order valence-electron chi connectivity index (χ1n) is 9.73. The normalized spacial score (nSPS) is 11.5. The Bertz CT molecular complexity index is 1170. The van der Waals surface area contributed by atoms with E-state index in [4.69, 9.17) is 4.74 Å². The van der Waals surface area contributed by atoms with Crippen LogP contribution in [0.2, 0.25) is 0 Å². The van der Waals surface area contributed by atoms with Crippen LogP contribution in [0.25, 0.3) is 0 Å². The van der Waals surface area contributed by atoms with Crippen LogP contribution in [0.15, 0.2) is 53.4 Å². The first-order chi connectivity index (χ1) is 14.7. The van der Waals surface area contributed by atoms with Gasteiger partial charge >= 0.3 is 0 Å². The van der Waals surface area contributed by atoms with Gasteiger partial charge < -0.3 is 10.1 Å². The monoisotopic (exact) mass is 459 g/mol. The minimum atomic E-state index is -3.74. The maximum Gasteiger partial charge on any atom is 0.267 e. The lowest BCUT2D eigenvalue weighted by Gasteiger charge is -2.16. The second kappa shape index (κ2) is 9.59. The predicted octanol–water partition coefficient (Wildman–Crippen LogP) is 3.94. The van der Waals surface area contributed by atoms with E-state index in [0.29, 0.717) is 29.3 Å². The molecule has 1 heterocycles. The van der Waals surface area contributed by atoms with Crippen molar-refractivity contribution in [1.29, 1.82) is 0 Å². The minimum absolute atomic E-state index is 0.00273. The molecule has 3 rings (SSSR count). The van der Waals surface area contributed by atoms with Gasteiger partial charge in [0.2, 0.25) is 10.0 Å². The highest BCUT2D eigenvalue weighted by Crippen LogP contribution is 2.30. The van der Waals surface area contributed by atoms with E-state index in [-0.39, 0.29) is 16.6 Å². The maximum absolute atomic E-state index is 12.9. The molecule has 0 spiro atoms. The zero-order chi connectivity index (χ0) is 22.6. The summed E-state index contributed by atoms with van der Waals surface area (Å²) in [6.45, 7) is 3.90. The summed E-state index contributed by atoms with van der Waals surface area (Å²) in [5.74, 6) is -0.0833. The maximum atomic E-state index is 12.9. The first kappa shape index (κ1) is 22.9. The van der Waals surface area contributed by atoms with Crippen LogP contribution in [0.3, 0.4) is 0 Å². The molecule has 0 saturated heterocycles. The zero-order valence-electron chi connectivity index (χ0n) is 17.9. The minimum Gasteiger partial charge on any atom is -0.492 e. The average Bonchev–Trinajstić information content (AvgIpc) is 3.10. The largest absolute Gasteiger partial charge is 0.492 e. The number of anilines is 1. The van der Waals surface area contributed by atoms with Gasteiger partial charge in [-0.05, 0) is 37.6 Å². The lowest BCUT2D eigenvalue weighted by Crippen LogP contribution is -2.23. The van der Waals surface area contributed by atoms with Gasteiger partial charge in [-0.25, -0.2) is 17.7 Å². The molecule has 7 nitrogen and oxygen atoms in total. The van der Waals surface area contributed by atoms with Gasteiger partial charge in [0.15, 0.2) is 0 Å². The molecule has 0 saturated carbocycles. The van der Waals surface area contributed by atoms with Crippen molar-refractivity contribution in [2.24, 2.45) is 0 Å². The third-order valence-corrected chi connectivity index (χ3v) is 7.50. The van der Waals surface area contributed by atoms with Crippen LogP contribution in [-0.4, -0.2) is 44.3 Å². The van der Waals surface area contributed by atoms with Crippen LogP contribution in [0.4, 0.5) is 5.69 Å². The lowest BCUT2D eigenvalue weighted by atomic mass is 10.2. The number of amides is 1. The van der Waals surface area contributed by atoms with Crippen LogP contribution in [0, 0.1) is 6.92 Å². The Morgan fingerprint density at radius 1 is 1.16 bits per heavy atom. The number of sulfonamides is 1. The molecule has 31 heavy (non-hydrogen) atoms. The summed E-state index contributed by atoms with van der Waals surface area (Å²) in [5.41, 5.74) is 2.13. The number of carbonyl (C=O) groups excluding carboxylic acids is 1. The molecule has 1 N–H and O–H groups in total. The molecule has 1 amide bonds. The third-order valence-electron chi connectivity index (χ3n) is 4.51. The number of nitrogens with one attached hydrogen (secondary N) is 1. The van der Waals surface area contributed by atoms with Crippen molar-refractivity contribution >= 4 is 33.0 Å². The smallest absolute Gasteiger partial charge is 0.267 e. The van der Waals surface area contributed by atoms with Crippen molar-refractivity contribution in [3.63, 3.8) is 0 Å². The molecule has 0 radical (unpaired) electrons. The van der Waals surface area contributed by atoms with E-state index in [0.717, 1.165) is 14.9 Å². The number of hydrogen-bond acceptors (Lipinski definition) is 6. The predicted molar refractivity (Wildman–Crippen MR) is 123 cm³/mol. The molecule has 0 atom stereocenters. The summed E-state index contributed by atoms with van der Waals surface area (Å²) in [6.07, 6.45) is 0.647. The van der Waals surface area contributed by atoms with Crippen LogP contribution in [0.1, 0.15) is 32.9 Å². The van der Waals surface area contributed by atoms with Crippen molar-refractivity contribution in [3.05, 3.63) is 69.7 Å². The number of ether oxygens (including phenoxy) is 1. The Hall–Kier alpha value is -2.75. The van der Waals surface area contributed by atoms with E-state index in [1.165, 1.54) is 31.5 Å². The number of benzene rings is 2. The van der Waals surface area contributed by atoms with Crippen molar-refractivity contribution in [2.45, 2.75) is 25.2 Å². The van der Waals surface area contributed by atoms with E-state index in [1.54, 1.807) is 26.0 Å². The van der Waals surface area contributed by atoms with Crippen molar-refractivity contribution in [3.8, 4) is 5.75 Å². The summed E-state index contributed by atoms with van der Waals surface area (Å²) >= 11 is 1.33. The Morgan fingerprint density at radius 3 is 2.52 bits per heavy atom. The zero-order valence-corrected chi connectivity index (χ0v) is 19.5. The van der Waals surface area contributed by atoms with Crippen LogP contribution < -0.4 is 10.1 Å². The van der Waals surface area contributed by atoms with Gasteiger partial charge in [-0.15, -0.1) is 11.3 Å². The van der Waals surface area contributed by atoms with Crippen LogP contribution in [-0.2, 0) is 16.4 Å². The van der Waals surface area contributed by atoms with Crippen molar-refractivity contribution in [2.75, 3.05) is 26.0 Å². The van der Waals surface area contributed by atoms with E-state index in [2.05, 4.69) is 10.3 Å². The molecular formula is C22H25N3O4S2. The Labute approximate surface area is 186 Å². The summed E-state index contributed by atoms with van der Waals surface area (Å²) in [5, 5.41) is 3.63. The quantitative estimate of drug-likeness (QED) is 0.551. The lowest BCUT2D eigenvalue weighted by molar-refractivity contribution is 0.102. The number of hydrogen-bond donors (Lipinski definition) is 1. The fourth-order valence-corrected chi connectivity index (χ4v) is 5.00. The number of carbonyl (C=O) groups is 1. The Balaban J connectivity index is 1.85. The van der Waals surface area contributed by atoms with E-state index in [9.17, 15) is 13.2 Å². The second-order valence-corrected chi connectivity index (χ2v) is 10.2. The van der Waals surface area contributed by atoms with Gasteiger partial charge in [-0.3, -0.25) is 4.79 Å². The van der Waals surface area contributed by atoms with Crippen molar-refractivity contribution in [1.82, 2.24) is 9.29 Å². The first-order valence-corrected chi connectivity index (χ1v) is 12.0. The van der Waals surface area contributed by atoms with Gasteiger partial charge in [0, 0.05) is 26.2 Å². The van der Waals surface area contributed by atoms with E-state index < -0.39 is 10.0 Å². The van der Waals surface area contributed by atoms with Crippen molar-refractivity contribution < 1.29 is 17.9 Å². The number of aryl methyl sites for hydroxylation is 1. The summed E-state index contributed by atoms with van der Waals surface area (Å²) < 4.78 is 32.0. The summed E-state index contributed by atoms with van der Waals surface area (Å²) in [4.78, 5) is 17.9. The third kappa shape index (κ3) is 5.30. The van der Waals surface area contributed by atoms with Gasteiger partial charge in [-0.2, -0.15) is 0 Å². The Kier molecular flexibility index (Phi) is 7.09. The average molecular weight is 460 g/mol. The summed E-state index contributed by atoms with van der Waals surface area (Å²) in [7, 11) is -0.845. The van der Waals surface area contributed by atoms with Gasteiger partial charge in [-0.1, -0.05) is 30.3 Å². The van der Waals surface area contributed by atoms with E-state index >= 15 is 0 Å². The molecule has 1 aromatic heterocycles. The highest BCUT2D eigenvalue weighted by atomic mass is 32.2. The molecule has 0 bridgehead atoms. The molecule has 0 unspecified atom stereocenters. The standard InChI is InChI=1S/C22H25N3O4S2/c1-5-29-18-12-11-17(14-19(18)31(27,28)25(3)4)24-22(26)21-15(2)23-20(30-21)13-16-9-7-6-8-10-16/h6-12,14H,5,13H2,1-4H3,(H,24,26).